The summed E-state index contributed by atoms with van der Waals surface area (Å²) >= 11 is 0. The molecule has 0 aliphatic rings. The highest BCUT2D eigenvalue weighted by Gasteiger charge is 1.96. The maximum absolute atomic E-state index is 9.95. The lowest BCUT2D eigenvalue weighted by Gasteiger charge is -2.03. The second kappa shape index (κ2) is 15.9. The smallest absolute Gasteiger partial charge is 0.120 e. The number of unbranched alkanes of at least 4 members (excludes halogenated alkanes) is 7. The molecule has 1 atom stereocenters. The van der Waals surface area contributed by atoms with Gasteiger partial charge in [-0.2, -0.15) is 0 Å². The van der Waals surface area contributed by atoms with Crippen LogP contribution >= 0.6 is 0 Å². The summed E-state index contributed by atoms with van der Waals surface area (Å²) in [5, 5.41) is 9.67. The Morgan fingerprint density at radius 3 is 2.45 bits per heavy atom. The van der Waals surface area contributed by atoms with E-state index in [1.165, 1.54) is 32.1 Å². The second-order valence-corrected chi connectivity index (χ2v) is 5.19. The van der Waals surface area contributed by atoms with Crippen LogP contribution in [0.4, 0.5) is 0 Å². The van der Waals surface area contributed by atoms with E-state index in [-0.39, 0.29) is 6.10 Å². The molecular weight excluding hydrogens is 248 g/mol. The van der Waals surface area contributed by atoms with E-state index in [1.807, 2.05) is 18.2 Å². The SMILES string of the molecule is CCCCC[C@H](O)/C=C/C=C\CCCCCCC=C=O. The fraction of sp³-hybridized carbons (Fsp3) is 0.667. The lowest BCUT2D eigenvalue weighted by molar-refractivity contribution is 0.208. The molecule has 0 fully saturated rings. The van der Waals surface area contributed by atoms with Crippen molar-refractivity contribution in [1.29, 1.82) is 0 Å². The highest BCUT2D eigenvalue weighted by Crippen LogP contribution is 2.06. The van der Waals surface area contributed by atoms with Crippen molar-refractivity contribution >= 4 is 5.94 Å². The Morgan fingerprint density at radius 1 is 1.00 bits per heavy atom. The minimum atomic E-state index is -0.294. The first-order chi connectivity index (χ1) is 9.81. The molecule has 0 saturated heterocycles. The number of carbonyl (C=O) groups excluding carboxylic acids is 1. The van der Waals surface area contributed by atoms with Gasteiger partial charge in [-0.15, -0.1) is 0 Å². The van der Waals surface area contributed by atoms with Crippen LogP contribution in [-0.4, -0.2) is 17.2 Å². The summed E-state index contributed by atoms with van der Waals surface area (Å²) in [6.07, 6.45) is 20.2. The van der Waals surface area contributed by atoms with E-state index < -0.39 is 0 Å². The van der Waals surface area contributed by atoms with Gasteiger partial charge in [-0.1, -0.05) is 63.3 Å². The number of aliphatic hydroxyl groups excluding tert-OH is 1. The number of hydrogen-bond donors (Lipinski definition) is 1. The molecule has 0 unspecified atom stereocenters. The Bertz CT molecular complexity index is 299. The molecule has 0 aromatic heterocycles. The molecule has 0 spiro atoms. The second-order valence-electron chi connectivity index (χ2n) is 5.19. The third-order valence-electron chi connectivity index (χ3n) is 3.24. The molecule has 1 N–H and O–H groups in total. The molecule has 0 heterocycles. The summed E-state index contributed by atoms with van der Waals surface area (Å²) in [5.74, 6) is 1.80. The van der Waals surface area contributed by atoms with Gasteiger partial charge in [0.15, 0.2) is 0 Å². The van der Waals surface area contributed by atoms with Crippen LogP contribution in [0.2, 0.25) is 0 Å². The van der Waals surface area contributed by atoms with E-state index in [1.54, 1.807) is 12.0 Å². The fourth-order valence-electron chi connectivity index (χ4n) is 1.99. The first kappa shape index (κ1) is 18.9. The molecule has 114 valence electrons. The average Bonchev–Trinajstić information content (AvgIpc) is 2.45. The van der Waals surface area contributed by atoms with Crippen LogP contribution in [0.5, 0.6) is 0 Å². The predicted molar refractivity (Wildman–Crippen MR) is 86.4 cm³/mol. The van der Waals surface area contributed by atoms with Crippen molar-refractivity contribution in [3.8, 4) is 0 Å². The molecule has 20 heavy (non-hydrogen) atoms. The lowest BCUT2D eigenvalue weighted by atomic mass is 10.1. The van der Waals surface area contributed by atoms with Gasteiger partial charge >= 0.3 is 0 Å². The van der Waals surface area contributed by atoms with Crippen LogP contribution in [0.15, 0.2) is 30.4 Å². The van der Waals surface area contributed by atoms with Crippen molar-refractivity contribution < 1.29 is 9.90 Å². The van der Waals surface area contributed by atoms with Gasteiger partial charge < -0.3 is 5.11 Å². The first-order valence-corrected chi connectivity index (χ1v) is 8.02. The Morgan fingerprint density at radius 2 is 1.75 bits per heavy atom. The van der Waals surface area contributed by atoms with E-state index in [2.05, 4.69) is 13.0 Å². The number of allylic oxidation sites excluding steroid dienone is 4. The molecule has 0 aliphatic heterocycles. The number of rotatable bonds is 13. The Kier molecular flexibility index (Phi) is 15.1. The van der Waals surface area contributed by atoms with Crippen molar-refractivity contribution in [2.45, 2.75) is 77.2 Å². The predicted octanol–water partition coefficient (Wildman–Crippen LogP) is 4.77. The van der Waals surface area contributed by atoms with Gasteiger partial charge in [-0.25, -0.2) is 4.79 Å². The van der Waals surface area contributed by atoms with Crippen molar-refractivity contribution in [2.75, 3.05) is 0 Å². The molecule has 2 nitrogen and oxygen atoms in total. The molecule has 0 bridgehead atoms. The Balaban J connectivity index is 3.39. The standard InChI is InChI=1S/C18H30O2/c1-2-3-12-15-18(20)16-13-10-8-6-4-5-7-9-11-14-17-19/h8,10,13-14,16,18,20H,2-7,9,11-12,15H2,1H3/b10-8-,16-13+/t18-/m0/s1. The van der Waals surface area contributed by atoms with E-state index in [4.69, 9.17) is 0 Å². The molecule has 0 saturated carbocycles. The third-order valence-corrected chi connectivity index (χ3v) is 3.24. The zero-order chi connectivity index (χ0) is 14.9. The van der Waals surface area contributed by atoms with Crippen molar-refractivity contribution in [3.05, 3.63) is 30.4 Å². The maximum Gasteiger partial charge on any atom is 0.120 e. The van der Waals surface area contributed by atoms with E-state index in [0.717, 1.165) is 32.1 Å². The van der Waals surface area contributed by atoms with Crippen LogP contribution < -0.4 is 0 Å². The van der Waals surface area contributed by atoms with E-state index in [9.17, 15) is 9.90 Å². The molecular formula is C18H30O2. The zero-order valence-corrected chi connectivity index (χ0v) is 12.9. The number of aliphatic hydroxyl groups is 1. The summed E-state index contributed by atoms with van der Waals surface area (Å²) in [4.78, 5) is 9.95. The van der Waals surface area contributed by atoms with Crippen molar-refractivity contribution in [2.24, 2.45) is 0 Å². The first-order valence-electron chi connectivity index (χ1n) is 8.02. The van der Waals surface area contributed by atoms with Crippen LogP contribution in [0.25, 0.3) is 0 Å². The van der Waals surface area contributed by atoms with Gasteiger partial charge in [0, 0.05) is 0 Å². The molecule has 0 radical (unpaired) electrons. The van der Waals surface area contributed by atoms with Crippen LogP contribution in [-0.2, 0) is 4.79 Å². The lowest BCUT2D eigenvalue weighted by Crippen LogP contribution is -2.00. The van der Waals surface area contributed by atoms with Gasteiger partial charge in [0.2, 0.25) is 0 Å². The van der Waals surface area contributed by atoms with Crippen LogP contribution in [0.3, 0.4) is 0 Å². The minimum absolute atomic E-state index is 0.294. The largest absolute Gasteiger partial charge is 0.389 e. The minimum Gasteiger partial charge on any atom is -0.389 e. The quantitative estimate of drug-likeness (QED) is 0.299. The van der Waals surface area contributed by atoms with E-state index in [0.29, 0.717) is 0 Å². The maximum atomic E-state index is 9.95. The molecule has 0 aromatic rings. The van der Waals surface area contributed by atoms with E-state index >= 15 is 0 Å². The van der Waals surface area contributed by atoms with Crippen molar-refractivity contribution in [1.82, 2.24) is 0 Å². The fourth-order valence-corrected chi connectivity index (χ4v) is 1.99. The summed E-state index contributed by atoms with van der Waals surface area (Å²) in [7, 11) is 0. The molecule has 2 heteroatoms. The third kappa shape index (κ3) is 14.9. The summed E-state index contributed by atoms with van der Waals surface area (Å²) < 4.78 is 0. The number of hydrogen-bond acceptors (Lipinski definition) is 2. The summed E-state index contributed by atoms with van der Waals surface area (Å²) in [6, 6.07) is 0. The molecule has 0 aliphatic carbocycles. The summed E-state index contributed by atoms with van der Waals surface area (Å²) in [5.41, 5.74) is 0. The van der Waals surface area contributed by atoms with Crippen LogP contribution in [0, 0.1) is 0 Å². The van der Waals surface area contributed by atoms with Gasteiger partial charge in [0.1, 0.15) is 5.94 Å². The van der Waals surface area contributed by atoms with Gasteiger partial charge in [0.25, 0.3) is 0 Å². The molecule has 0 aromatic carbocycles. The average molecular weight is 278 g/mol. The van der Waals surface area contributed by atoms with Gasteiger partial charge in [-0.3, -0.25) is 0 Å². The van der Waals surface area contributed by atoms with Crippen molar-refractivity contribution in [3.63, 3.8) is 0 Å². The Hall–Kier alpha value is -1.11. The van der Waals surface area contributed by atoms with Gasteiger partial charge in [-0.05, 0) is 38.2 Å². The monoisotopic (exact) mass is 278 g/mol. The normalized spacial score (nSPS) is 12.9. The topological polar surface area (TPSA) is 37.3 Å². The highest BCUT2D eigenvalue weighted by atomic mass is 16.3. The molecule has 0 amide bonds. The highest BCUT2D eigenvalue weighted by molar-refractivity contribution is 5.44. The summed E-state index contributed by atoms with van der Waals surface area (Å²) in [6.45, 7) is 2.17. The Labute approximate surface area is 124 Å². The van der Waals surface area contributed by atoms with Crippen LogP contribution in [0.1, 0.15) is 71.1 Å². The van der Waals surface area contributed by atoms with Gasteiger partial charge in [0.05, 0.1) is 6.10 Å². The zero-order valence-electron chi connectivity index (χ0n) is 12.9. The molecule has 0 rings (SSSR count).